The van der Waals surface area contributed by atoms with Crippen LogP contribution in [-0.2, 0) is 6.54 Å². The molecule has 0 bridgehead atoms. The van der Waals surface area contributed by atoms with E-state index in [1.54, 1.807) is 5.51 Å². The maximum absolute atomic E-state index is 11.3. The van der Waals surface area contributed by atoms with Crippen LogP contribution in [0, 0.1) is 0 Å². The van der Waals surface area contributed by atoms with Gasteiger partial charge in [0.05, 0.1) is 17.7 Å². The number of thiazole rings is 1. The summed E-state index contributed by atoms with van der Waals surface area (Å²) >= 11 is 1.48. The Balaban J connectivity index is 1.90. The molecule has 0 aliphatic carbocycles. The molecular formula is C6H6N6OS. The molecule has 0 spiro atoms. The van der Waals surface area contributed by atoms with E-state index in [1.165, 1.54) is 11.3 Å². The molecule has 2 heterocycles. The van der Waals surface area contributed by atoms with Crippen molar-refractivity contribution in [3.8, 4) is 0 Å². The fourth-order valence-electron chi connectivity index (χ4n) is 0.833. The van der Waals surface area contributed by atoms with Gasteiger partial charge in [-0.15, -0.1) is 21.5 Å². The Hall–Kier alpha value is -1.83. The molecule has 1 amide bonds. The zero-order chi connectivity index (χ0) is 9.80. The van der Waals surface area contributed by atoms with Crippen molar-refractivity contribution in [3.63, 3.8) is 0 Å². The van der Waals surface area contributed by atoms with Gasteiger partial charge in [0.25, 0.3) is 11.7 Å². The zero-order valence-electron chi connectivity index (χ0n) is 6.97. The molecule has 0 aliphatic heterocycles. The van der Waals surface area contributed by atoms with Crippen molar-refractivity contribution in [2.45, 2.75) is 6.54 Å². The average Bonchev–Trinajstić information content (AvgIpc) is 2.87. The summed E-state index contributed by atoms with van der Waals surface area (Å²) in [5.41, 5.74) is 2.52. The van der Waals surface area contributed by atoms with Crippen LogP contribution < -0.4 is 5.32 Å². The highest BCUT2D eigenvalue weighted by Gasteiger charge is 2.09. The molecule has 0 fully saturated rings. The van der Waals surface area contributed by atoms with E-state index in [1.807, 2.05) is 5.38 Å². The van der Waals surface area contributed by atoms with E-state index in [4.69, 9.17) is 0 Å². The van der Waals surface area contributed by atoms with Crippen LogP contribution in [0.2, 0.25) is 0 Å². The van der Waals surface area contributed by atoms with Crippen molar-refractivity contribution in [3.05, 3.63) is 22.4 Å². The number of amides is 1. The maximum atomic E-state index is 11.3. The van der Waals surface area contributed by atoms with Crippen LogP contribution >= 0.6 is 11.3 Å². The predicted molar refractivity (Wildman–Crippen MR) is 47.5 cm³/mol. The summed E-state index contributed by atoms with van der Waals surface area (Å²) in [6.07, 6.45) is 0. The second-order valence-corrected chi connectivity index (χ2v) is 3.12. The Morgan fingerprint density at radius 1 is 1.64 bits per heavy atom. The lowest BCUT2D eigenvalue weighted by molar-refractivity contribution is 0.0940. The topological polar surface area (TPSA) is 96.5 Å². The molecule has 2 rings (SSSR count). The van der Waals surface area contributed by atoms with Gasteiger partial charge in [0.15, 0.2) is 0 Å². The smallest absolute Gasteiger partial charge is 0.293 e. The Kier molecular flexibility index (Phi) is 2.45. The lowest BCUT2D eigenvalue weighted by Gasteiger charge is -1.97. The van der Waals surface area contributed by atoms with E-state index in [0.29, 0.717) is 6.54 Å². The molecule has 0 unspecified atom stereocenters. The van der Waals surface area contributed by atoms with Gasteiger partial charge in [-0.25, -0.2) is 4.98 Å². The van der Waals surface area contributed by atoms with Crippen molar-refractivity contribution in [1.82, 2.24) is 30.9 Å². The van der Waals surface area contributed by atoms with Crippen molar-refractivity contribution < 1.29 is 4.79 Å². The number of H-pyrrole nitrogens is 1. The highest BCUT2D eigenvalue weighted by Crippen LogP contribution is 1.99. The molecule has 2 aromatic heterocycles. The summed E-state index contributed by atoms with van der Waals surface area (Å²) in [7, 11) is 0. The Morgan fingerprint density at radius 3 is 3.21 bits per heavy atom. The number of tetrazole rings is 1. The van der Waals surface area contributed by atoms with Crippen LogP contribution in [0.1, 0.15) is 16.3 Å². The predicted octanol–water partition coefficient (Wildman–Crippen LogP) is -0.414. The minimum absolute atomic E-state index is 0.0280. The average molecular weight is 210 g/mol. The molecule has 7 nitrogen and oxygen atoms in total. The minimum atomic E-state index is -0.369. The Bertz CT molecular complexity index is 396. The molecule has 2 aromatic rings. The SMILES string of the molecule is O=C(NCc1cscn1)c1nn[nH]n1. The van der Waals surface area contributed by atoms with Crippen molar-refractivity contribution in [2.24, 2.45) is 0 Å². The van der Waals surface area contributed by atoms with Crippen molar-refractivity contribution in [2.75, 3.05) is 0 Å². The second kappa shape index (κ2) is 3.92. The molecule has 0 aliphatic rings. The number of carbonyl (C=O) groups is 1. The first-order valence-electron chi connectivity index (χ1n) is 3.75. The number of carbonyl (C=O) groups excluding carboxylic acids is 1. The van der Waals surface area contributed by atoms with Crippen LogP contribution in [0.3, 0.4) is 0 Å². The standard InChI is InChI=1S/C6H6N6OS/c13-6(5-9-11-12-10-5)7-1-4-2-14-3-8-4/h2-3H,1H2,(H,7,13)(H,9,10,11,12). The molecule has 0 aromatic carbocycles. The lowest BCUT2D eigenvalue weighted by atomic mass is 10.4. The highest BCUT2D eigenvalue weighted by molar-refractivity contribution is 7.07. The van der Waals surface area contributed by atoms with Gasteiger partial charge in [-0.3, -0.25) is 4.79 Å². The third kappa shape index (κ3) is 1.91. The molecule has 0 atom stereocenters. The second-order valence-electron chi connectivity index (χ2n) is 2.40. The van der Waals surface area contributed by atoms with Crippen LogP contribution in [0.4, 0.5) is 0 Å². The normalized spacial score (nSPS) is 10.0. The van der Waals surface area contributed by atoms with Crippen LogP contribution in [-0.4, -0.2) is 31.5 Å². The first-order valence-corrected chi connectivity index (χ1v) is 4.69. The van der Waals surface area contributed by atoms with Crippen molar-refractivity contribution in [1.29, 1.82) is 0 Å². The third-order valence-electron chi connectivity index (χ3n) is 1.46. The number of nitrogens with one attached hydrogen (secondary N) is 2. The van der Waals surface area contributed by atoms with E-state index >= 15 is 0 Å². The Labute approximate surface area is 82.6 Å². The first kappa shape index (κ1) is 8.75. The Morgan fingerprint density at radius 2 is 2.57 bits per heavy atom. The van der Waals surface area contributed by atoms with Gasteiger partial charge in [-0.2, -0.15) is 5.21 Å². The molecule has 0 saturated carbocycles. The number of rotatable bonds is 3. The van der Waals surface area contributed by atoms with E-state index < -0.39 is 0 Å². The van der Waals surface area contributed by atoms with Gasteiger partial charge in [0, 0.05) is 5.38 Å². The monoisotopic (exact) mass is 210 g/mol. The van der Waals surface area contributed by atoms with E-state index in [2.05, 4.69) is 30.9 Å². The number of aromatic nitrogens is 5. The summed E-state index contributed by atoms with van der Waals surface area (Å²) in [5.74, 6) is -0.341. The van der Waals surface area contributed by atoms with E-state index in [0.717, 1.165) is 5.69 Å². The van der Waals surface area contributed by atoms with Gasteiger partial charge in [0.2, 0.25) is 0 Å². The lowest BCUT2D eigenvalue weighted by Crippen LogP contribution is -2.24. The van der Waals surface area contributed by atoms with E-state index in [-0.39, 0.29) is 11.7 Å². The molecular weight excluding hydrogens is 204 g/mol. The fourth-order valence-corrected chi connectivity index (χ4v) is 1.39. The van der Waals surface area contributed by atoms with Gasteiger partial charge in [0.1, 0.15) is 0 Å². The third-order valence-corrected chi connectivity index (χ3v) is 2.10. The molecule has 8 heteroatoms. The van der Waals surface area contributed by atoms with E-state index in [9.17, 15) is 4.79 Å². The van der Waals surface area contributed by atoms with Crippen LogP contribution in [0.15, 0.2) is 10.9 Å². The molecule has 72 valence electrons. The summed E-state index contributed by atoms with van der Waals surface area (Å²) in [6, 6.07) is 0. The summed E-state index contributed by atoms with van der Waals surface area (Å²) in [5, 5.41) is 17.0. The largest absolute Gasteiger partial charge is 0.344 e. The van der Waals surface area contributed by atoms with Gasteiger partial charge in [-0.1, -0.05) is 0 Å². The van der Waals surface area contributed by atoms with Gasteiger partial charge >= 0.3 is 0 Å². The number of aromatic amines is 1. The summed E-state index contributed by atoms with van der Waals surface area (Å²) < 4.78 is 0. The maximum Gasteiger partial charge on any atom is 0.293 e. The summed E-state index contributed by atoms with van der Waals surface area (Å²) in [6.45, 7) is 0.372. The molecule has 0 radical (unpaired) electrons. The van der Waals surface area contributed by atoms with Crippen LogP contribution in [0.5, 0.6) is 0 Å². The van der Waals surface area contributed by atoms with Crippen molar-refractivity contribution >= 4 is 17.2 Å². The van der Waals surface area contributed by atoms with Gasteiger partial charge < -0.3 is 5.32 Å². The van der Waals surface area contributed by atoms with Gasteiger partial charge in [-0.05, 0) is 5.21 Å². The quantitative estimate of drug-likeness (QED) is 0.717. The zero-order valence-corrected chi connectivity index (χ0v) is 7.78. The molecule has 14 heavy (non-hydrogen) atoms. The molecule has 0 saturated heterocycles. The number of nitrogens with zero attached hydrogens (tertiary/aromatic N) is 4. The first-order chi connectivity index (χ1) is 6.86. The van der Waals surface area contributed by atoms with Crippen LogP contribution in [0.25, 0.3) is 0 Å². The minimum Gasteiger partial charge on any atom is -0.344 e. The molecule has 2 N–H and O–H groups in total. The highest BCUT2D eigenvalue weighted by atomic mass is 32.1. The fraction of sp³-hybridized carbons (Fsp3) is 0.167. The number of hydrogen-bond acceptors (Lipinski definition) is 6. The number of hydrogen-bond donors (Lipinski definition) is 2. The summed E-state index contributed by atoms with van der Waals surface area (Å²) in [4.78, 5) is 15.3.